The molecule has 13 heavy (non-hydrogen) atoms. The van der Waals surface area contributed by atoms with E-state index in [4.69, 9.17) is 5.11 Å². The standard InChI is InChI=1S/C10H17NO2/c1-7(12)6-11-9(13)8-5-10(8)3-2-4-10/h7-8,12H,2-6H2,1H3,(H,11,13)/t7-,8?/m0/s1. The van der Waals surface area contributed by atoms with E-state index in [2.05, 4.69) is 5.32 Å². The van der Waals surface area contributed by atoms with Crippen LogP contribution < -0.4 is 5.32 Å². The number of carbonyl (C=O) groups is 1. The summed E-state index contributed by atoms with van der Waals surface area (Å²) in [6.45, 7) is 2.08. The molecule has 2 N–H and O–H groups in total. The van der Waals surface area contributed by atoms with Crippen molar-refractivity contribution >= 4 is 5.91 Å². The summed E-state index contributed by atoms with van der Waals surface area (Å²) in [7, 11) is 0. The number of aliphatic hydroxyl groups is 1. The van der Waals surface area contributed by atoms with Gasteiger partial charge in [-0.1, -0.05) is 6.42 Å². The van der Waals surface area contributed by atoms with E-state index in [-0.39, 0.29) is 11.8 Å². The molecule has 2 atom stereocenters. The van der Waals surface area contributed by atoms with Gasteiger partial charge in [0.05, 0.1) is 6.10 Å². The van der Waals surface area contributed by atoms with Crippen molar-refractivity contribution < 1.29 is 9.90 Å². The molecule has 0 saturated heterocycles. The minimum atomic E-state index is -0.431. The normalized spacial score (nSPS) is 30.8. The lowest BCUT2D eigenvalue weighted by atomic mass is 9.80. The quantitative estimate of drug-likeness (QED) is 0.675. The molecule has 1 amide bonds. The van der Waals surface area contributed by atoms with E-state index in [9.17, 15) is 4.79 Å². The van der Waals surface area contributed by atoms with Gasteiger partial charge in [-0.25, -0.2) is 0 Å². The van der Waals surface area contributed by atoms with Gasteiger partial charge in [0.1, 0.15) is 0 Å². The van der Waals surface area contributed by atoms with Gasteiger partial charge in [-0.2, -0.15) is 0 Å². The summed E-state index contributed by atoms with van der Waals surface area (Å²) >= 11 is 0. The minimum Gasteiger partial charge on any atom is -0.392 e. The number of nitrogens with one attached hydrogen (secondary N) is 1. The Bertz CT molecular complexity index is 221. The van der Waals surface area contributed by atoms with Crippen LogP contribution in [0.5, 0.6) is 0 Å². The molecule has 74 valence electrons. The van der Waals surface area contributed by atoms with Crippen LogP contribution in [-0.4, -0.2) is 23.7 Å². The van der Waals surface area contributed by atoms with E-state index in [1.807, 2.05) is 0 Å². The summed E-state index contributed by atoms with van der Waals surface area (Å²) in [6, 6.07) is 0. The summed E-state index contributed by atoms with van der Waals surface area (Å²) in [5, 5.41) is 11.8. The van der Waals surface area contributed by atoms with Crippen LogP contribution in [0.1, 0.15) is 32.6 Å². The third-order valence-corrected chi connectivity index (χ3v) is 3.43. The number of carbonyl (C=O) groups excluding carboxylic acids is 1. The lowest BCUT2D eigenvalue weighted by molar-refractivity contribution is -0.124. The Morgan fingerprint density at radius 1 is 1.69 bits per heavy atom. The number of aliphatic hydroxyl groups excluding tert-OH is 1. The van der Waals surface area contributed by atoms with Crippen molar-refractivity contribution in [2.24, 2.45) is 11.3 Å². The molecular formula is C10H17NO2. The van der Waals surface area contributed by atoms with Crippen LogP contribution in [0.3, 0.4) is 0 Å². The van der Waals surface area contributed by atoms with E-state index < -0.39 is 6.10 Å². The molecule has 0 aliphatic heterocycles. The molecule has 3 nitrogen and oxygen atoms in total. The van der Waals surface area contributed by atoms with Crippen molar-refractivity contribution in [2.45, 2.75) is 38.7 Å². The predicted octanol–water partition coefficient (Wildman–Crippen LogP) is 0.674. The third kappa shape index (κ3) is 1.57. The van der Waals surface area contributed by atoms with Gasteiger partial charge in [0.25, 0.3) is 0 Å². The molecule has 0 aromatic heterocycles. The zero-order chi connectivity index (χ0) is 9.47. The largest absolute Gasteiger partial charge is 0.392 e. The van der Waals surface area contributed by atoms with Crippen molar-refractivity contribution in [3.8, 4) is 0 Å². The molecule has 1 spiro atoms. The second-order valence-corrected chi connectivity index (χ2v) is 4.57. The van der Waals surface area contributed by atoms with Crippen LogP contribution >= 0.6 is 0 Å². The molecule has 0 bridgehead atoms. The maximum Gasteiger partial charge on any atom is 0.223 e. The first kappa shape index (κ1) is 9.00. The molecule has 0 aromatic carbocycles. The summed E-state index contributed by atoms with van der Waals surface area (Å²) in [6.07, 6.45) is 4.42. The third-order valence-electron chi connectivity index (χ3n) is 3.43. The van der Waals surface area contributed by atoms with E-state index in [0.29, 0.717) is 12.0 Å². The topological polar surface area (TPSA) is 49.3 Å². The highest BCUT2D eigenvalue weighted by Gasteiger charge is 2.60. The minimum absolute atomic E-state index is 0.153. The lowest BCUT2D eigenvalue weighted by Crippen LogP contribution is -2.34. The lowest BCUT2D eigenvalue weighted by Gasteiger charge is -2.26. The highest BCUT2D eigenvalue weighted by atomic mass is 16.3. The average Bonchev–Trinajstić information content (AvgIpc) is 2.73. The Kier molecular flexibility index (Phi) is 2.06. The molecule has 2 saturated carbocycles. The summed E-state index contributed by atoms with van der Waals surface area (Å²) < 4.78 is 0. The van der Waals surface area contributed by atoms with Crippen molar-refractivity contribution in [3.63, 3.8) is 0 Å². The van der Waals surface area contributed by atoms with Crippen LogP contribution in [0.15, 0.2) is 0 Å². The highest BCUT2D eigenvalue weighted by molar-refractivity contribution is 5.82. The van der Waals surface area contributed by atoms with Crippen LogP contribution in [0.4, 0.5) is 0 Å². The molecule has 0 aromatic rings. The van der Waals surface area contributed by atoms with Crippen molar-refractivity contribution in [2.75, 3.05) is 6.54 Å². The summed E-state index contributed by atoms with van der Waals surface area (Å²) in [5.41, 5.74) is 0.406. The van der Waals surface area contributed by atoms with Gasteiger partial charge in [0.2, 0.25) is 5.91 Å². The fraction of sp³-hybridized carbons (Fsp3) is 0.900. The average molecular weight is 183 g/mol. The number of amides is 1. The Hall–Kier alpha value is -0.570. The summed E-state index contributed by atoms with van der Waals surface area (Å²) in [4.78, 5) is 11.5. The SMILES string of the molecule is C[C@H](O)CNC(=O)C1CC12CCC2. The second-order valence-electron chi connectivity index (χ2n) is 4.57. The van der Waals surface area contributed by atoms with Gasteiger partial charge in [-0.05, 0) is 31.6 Å². The molecule has 0 heterocycles. The van der Waals surface area contributed by atoms with Gasteiger partial charge >= 0.3 is 0 Å². The molecular weight excluding hydrogens is 166 g/mol. The number of hydrogen-bond donors (Lipinski definition) is 2. The van der Waals surface area contributed by atoms with E-state index in [1.165, 1.54) is 19.3 Å². The highest BCUT2D eigenvalue weighted by Crippen LogP contribution is 2.65. The maximum absolute atomic E-state index is 11.5. The zero-order valence-corrected chi connectivity index (χ0v) is 8.05. The molecule has 2 rings (SSSR count). The molecule has 2 aliphatic rings. The van der Waals surface area contributed by atoms with Crippen molar-refractivity contribution in [1.82, 2.24) is 5.32 Å². The van der Waals surface area contributed by atoms with Crippen molar-refractivity contribution in [1.29, 1.82) is 0 Å². The smallest absolute Gasteiger partial charge is 0.223 e. The first-order valence-electron chi connectivity index (χ1n) is 5.10. The first-order chi connectivity index (χ1) is 6.14. The van der Waals surface area contributed by atoms with E-state index in [1.54, 1.807) is 6.92 Å². The van der Waals surface area contributed by atoms with Crippen molar-refractivity contribution in [3.05, 3.63) is 0 Å². The van der Waals surface area contributed by atoms with E-state index in [0.717, 1.165) is 6.42 Å². The summed E-state index contributed by atoms with van der Waals surface area (Å²) in [5.74, 6) is 0.417. The zero-order valence-electron chi connectivity index (χ0n) is 8.05. The molecule has 3 heteroatoms. The fourth-order valence-electron chi connectivity index (χ4n) is 2.27. The first-order valence-corrected chi connectivity index (χ1v) is 5.10. The monoisotopic (exact) mass is 183 g/mol. The molecule has 2 fully saturated rings. The van der Waals surface area contributed by atoms with Gasteiger partial charge < -0.3 is 10.4 Å². The van der Waals surface area contributed by atoms with Gasteiger partial charge in [0, 0.05) is 12.5 Å². The predicted molar refractivity (Wildman–Crippen MR) is 49.1 cm³/mol. The number of hydrogen-bond acceptors (Lipinski definition) is 2. The Balaban J connectivity index is 1.74. The molecule has 0 radical (unpaired) electrons. The van der Waals surface area contributed by atoms with Gasteiger partial charge in [-0.3, -0.25) is 4.79 Å². The van der Waals surface area contributed by atoms with Crippen LogP contribution in [0.25, 0.3) is 0 Å². The number of rotatable bonds is 3. The van der Waals surface area contributed by atoms with Crippen LogP contribution in [0, 0.1) is 11.3 Å². The fourth-order valence-corrected chi connectivity index (χ4v) is 2.27. The second kappa shape index (κ2) is 2.98. The van der Waals surface area contributed by atoms with Crippen LogP contribution in [0.2, 0.25) is 0 Å². The van der Waals surface area contributed by atoms with Gasteiger partial charge in [0.15, 0.2) is 0 Å². The Labute approximate surface area is 78.5 Å². The van der Waals surface area contributed by atoms with Gasteiger partial charge in [-0.15, -0.1) is 0 Å². The molecule has 2 aliphatic carbocycles. The maximum atomic E-state index is 11.5. The Morgan fingerprint density at radius 2 is 2.38 bits per heavy atom. The van der Waals surface area contributed by atoms with E-state index >= 15 is 0 Å². The Morgan fingerprint density at radius 3 is 2.77 bits per heavy atom. The van der Waals surface area contributed by atoms with Crippen LogP contribution in [-0.2, 0) is 4.79 Å². The molecule has 1 unspecified atom stereocenters.